The average molecular weight is 249 g/mol. The fourth-order valence-electron chi connectivity index (χ4n) is 2.35. The number of rotatable bonds is 3. The molecule has 96 valence electrons. The molecule has 1 aromatic carbocycles. The molecule has 1 aromatic rings. The van der Waals surface area contributed by atoms with Gasteiger partial charge in [-0.2, -0.15) is 0 Å². The van der Waals surface area contributed by atoms with E-state index in [0.29, 0.717) is 12.2 Å². The maximum absolute atomic E-state index is 13.5. The van der Waals surface area contributed by atoms with Crippen LogP contribution in [0.4, 0.5) is 4.39 Å². The third kappa shape index (κ3) is 2.26. The van der Waals surface area contributed by atoms with E-state index in [4.69, 9.17) is 9.47 Å². The van der Waals surface area contributed by atoms with Crippen LogP contribution in [0.25, 0.3) is 6.08 Å². The van der Waals surface area contributed by atoms with Crippen molar-refractivity contribution >= 4 is 6.08 Å². The third-order valence-corrected chi connectivity index (χ3v) is 3.30. The predicted molar refractivity (Wildman–Crippen MR) is 67.2 cm³/mol. The molecule has 3 nitrogen and oxygen atoms in total. The average Bonchev–Trinajstić information content (AvgIpc) is 2.90. The second kappa shape index (κ2) is 5.08. The lowest BCUT2D eigenvalue weighted by Gasteiger charge is -2.24. The van der Waals surface area contributed by atoms with Gasteiger partial charge in [-0.1, -0.05) is 12.2 Å². The van der Waals surface area contributed by atoms with Crippen molar-refractivity contribution in [3.05, 3.63) is 35.2 Å². The topological polar surface area (TPSA) is 30.5 Å². The van der Waals surface area contributed by atoms with E-state index >= 15 is 0 Å². The van der Waals surface area contributed by atoms with Gasteiger partial charge in [0, 0.05) is 24.2 Å². The molecular weight excluding hydrogens is 233 g/mol. The second-order valence-electron chi connectivity index (χ2n) is 4.55. The van der Waals surface area contributed by atoms with Gasteiger partial charge in [0.05, 0.1) is 6.61 Å². The van der Waals surface area contributed by atoms with Crippen molar-refractivity contribution in [2.24, 2.45) is 0 Å². The highest BCUT2D eigenvalue weighted by molar-refractivity contribution is 5.64. The summed E-state index contributed by atoms with van der Waals surface area (Å²) in [6.45, 7) is 2.93. The number of hydrogen-bond acceptors (Lipinski definition) is 3. The molecule has 1 unspecified atom stereocenters. The standard InChI is InChI=1S/C14H16FNO2/c15-13-4-5-14(12-3-1-2-11(12)13)18-9-10-8-16-6-7-17-10/h1-2,4-5,10,16H,3,6-9H2. The Bertz CT molecular complexity index is 467. The molecule has 3 rings (SSSR count). The van der Waals surface area contributed by atoms with Crippen molar-refractivity contribution in [3.63, 3.8) is 0 Å². The summed E-state index contributed by atoms with van der Waals surface area (Å²) in [5.74, 6) is 0.590. The Kier molecular flexibility index (Phi) is 3.30. The molecule has 1 fully saturated rings. The summed E-state index contributed by atoms with van der Waals surface area (Å²) >= 11 is 0. The van der Waals surface area contributed by atoms with Crippen molar-refractivity contribution in [1.82, 2.24) is 5.32 Å². The molecule has 0 spiro atoms. The molecule has 0 saturated carbocycles. The lowest BCUT2D eigenvalue weighted by Crippen LogP contribution is -2.41. The van der Waals surface area contributed by atoms with Crippen LogP contribution in [-0.4, -0.2) is 32.4 Å². The fourth-order valence-corrected chi connectivity index (χ4v) is 2.35. The highest BCUT2D eigenvalue weighted by Crippen LogP contribution is 2.31. The van der Waals surface area contributed by atoms with Crippen LogP contribution in [-0.2, 0) is 11.2 Å². The zero-order valence-corrected chi connectivity index (χ0v) is 10.1. The Morgan fingerprint density at radius 3 is 3.22 bits per heavy atom. The molecule has 2 aliphatic rings. The van der Waals surface area contributed by atoms with E-state index in [1.54, 1.807) is 6.07 Å². The van der Waals surface area contributed by atoms with Gasteiger partial charge in [-0.3, -0.25) is 0 Å². The minimum absolute atomic E-state index is 0.0776. The van der Waals surface area contributed by atoms with Crippen LogP contribution in [0.1, 0.15) is 11.1 Å². The van der Waals surface area contributed by atoms with Crippen molar-refractivity contribution in [1.29, 1.82) is 0 Å². The van der Waals surface area contributed by atoms with E-state index in [-0.39, 0.29) is 11.9 Å². The van der Waals surface area contributed by atoms with Crippen molar-refractivity contribution < 1.29 is 13.9 Å². The number of nitrogens with one attached hydrogen (secondary N) is 1. The molecule has 0 aromatic heterocycles. The van der Waals surface area contributed by atoms with Crippen molar-refractivity contribution in [2.45, 2.75) is 12.5 Å². The van der Waals surface area contributed by atoms with E-state index in [1.807, 2.05) is 12.2 Å². The molecule has 1 N–H and O–H groups in total. The summed E-state index contributed by atoms with van der Waals surface area (Å²) in [6, 6.07) is 3.17. The normalized spacial score (nSPS) is 21.9. The Labute approximate surface area is 106 Å². The molecule has 0 bridgehead atoms. The summed E-state index contributed by atoms with van der Waals surface area (Å²) < 4.78 is 24.9. The Morgan fingerprint density at radius 2 is 2.39 bits per heavy atom. The summed E-state index contributed by atoms with van der Waals surface area (Å²) in [6.07, 6.45) is 4.59. The number of ether oxygens (including phenoxy) is 2. The van der Waals surface area contributed by atoms with E-state index in [1.165, 1.54) is 6.07 Å². The van der Waals surface area contributed by atoms with Gasteiger partial charge in [-0.25, -0.2) is 4.39 Å². The van der Waals surface area contributed by atoms with Crippen LogP contribution in [0.15, 0.2) is 18.2 Å². The highest BCUT2D eigenvalue weighted by Gasteiger charge is 2.18. The highest BCUT2D eigenvalue weighted by atomic mass is 19.1. The first-order chi connectivity index (χ1) is 8.84. The quantitative estimate of drug-likeness (QED) is 0.885. The summed E-state index contributed by atoms with van der Waals surface area (Å²) in [7, 11) is 0. The zero-order chi connectivity index (χ0) is 12.4. The molecule has 1 heterocycles. The van der Waals surface area contributed by atoms with Gasteiger partial charge in [-0.15, -0.1) is 0 Å². The first-order valence-corrected chi connectivity index (χ1v) is 6.27. The van der Waals surface area contributed by atoms with Crippen molar-refractivity contribution in [2.75, 3.05) is 26.3 Å². The van der Waals surface area contributed by atoms with Gasteiger partial charge in [0.25, 0.3) is 0 Å². The number of hydrogen-bond donors (Lipinski definition) is 1. The SMILES string of the molecule is Fc1ccc(OCC2CNCCO2)c2c1C=CC2. The Morgan fingerprint density at radius 1 is 1.44 bits per heavy atom. The molecule has 1 aliphatic carbocycles. The lowest BCUT2D eigenvalue weighted by molar-refractivity contribution is 0.0000265. The van der Waals surface area contributed by atoms with Crippen LogP contribution in [0.5, 0.6) is 5.75 Å². The Hall–Kier alpha value is -1.39. The first kappa shape index (κ1) is 11.7. The lowest BCUT2D eigenvalue weighted by atomic mass is 10.1. The predicted octanol–water partition coefficient (Wildman–Crippen LogP) is 1.76. The van der Waals surface area contributed by atoms with E-state index in [0.717, 1.165) is 37.4 Å². The molecular formula is C14H16FNO2. The maximum atomic E-state index is 13.5. The molecule has 1 saturated heterocycles. The number of benzene rings is 1. The largest absolute Gasteiger partial charge is 0.491 e. The van der Waals surface area contributed by atoms with Gasteiger partial charge in [0.2, 0.25) is 0 Å². The van der Waals surface area contributed by atoms with E-state index in [9.17, 15) is 4.39 Å². The van der Waals surface area contributed by atoms with E-state index < -0.39 is 0 Å². The number of fused-ring (bicyclic) bond motifs is 1. The van der Waals surface area contributed by atoms with Crippen LogP contribution in [0.3, 0.4) is 0 Å². The van der Waals surface area contributed by atoms with Crippen LogP contribution < -0.4 is 10.1 Å². The van der Waals surface area contributed by atoms with Gasteiger partial charge in [-0.05, 0) is 18.6 Å². The van der Waals surface area contributed by atoms with Crippen LogP contribution in [0.2, 0.25) is 0 Å². The van der Waals surface area contributed by atoms with Crippen molar-refractivity contribution in [3.8, 4) is 5.75 Å². The molecule has 18 heavy (non-hydrogen) atoms. The second-order valence-corrected chi connectivity index (χ2v) is 4.55. The third-order valence-electron chi connectivity index (χ3n) is 3.30. The molecule has 1 atom stereocenters. The maximum Gasteiger partial charge on any atom is 0.130 e. The van der Waals surface area contributed by atoms with Crippen LogP contribution >= 0.6 is 0 Å². The Balaban J connectivity index is 1.68. The summed E-state index contributed by atoms with van der Waals surface area (Å²) in [4.78, 5) is 0. The zero-order valence-electron chi connectivity index (χ0n) is 10.1. The monoisotopic (exact) mass is 249 g/mol. The molecule has 4 heteroatoms. The van der Waals surface area contributed by atoms with Gasteiger partial charge in [0.15, 0.2) is 0 Å². The summed E-state index contributed by atoms with van der Waals surface area (Å²) in [5.41, 5.74) is 1.61. The minimum atomic E-state index is -0.179. The number of allylic oxidation sites excluding steroid dienone is 1. The first-order valence-electron chi connectivity index (χ1n) is 6.27. The van der Waals surface area contributed by atoms with Gasteiger partial charge in [0.1, 0.15) is 24.3 Å². The van der Waals surface area contributed by atoms with Gasteiger partial charge < -0.3 is 14.8 Å². The van der Waals surface area contributed by atoms with Crippen LogP contribution in [0, 0.1) is 5.82 Å². The molecule has 1 aliphatic heterocycles. The number of morpholine rings is 1. The van der Waals surface area contributed by atoms with E-state index in [2.05, 4.69) is 5.32 Å². The smallest absolute Gasteiger partial charge is 0.130 e. The van der Waals surface area contributed by atoms with Gasteiger partial charge >= 0.3 is 0 Å². The minimum Gasteiger partial charge on any atom is -0.491 e. The molecule has 0 amide bonds. The fraction of sp³-hybridized carbons (Fsp3) is 0.429. The molecule has 0 radical (unpaired) electrons. The summed E-state index contributed by atoms with van der Waals surface area (Å²) in [5, 5.41) is 3.26. The number of halogens is 1.